The van der Waals surface area contributed by atoms with Gasteiger partial charge in [-0.25, -0.2) is 4.79 Å². The van der Waals surface area contributed by atoms with Gasteiger partial charge in [-0.2, -0.15) is 0 Å². The normalized spacial score (nSPS) is 30.7. The number of alkyl carbamates (subject to hydrolysis) is 1. The molecular weight excluding hydrogens is 414 g/mol. The van der Waals surface area contributed by atoms with Gasteiger partial charge in [-0.15, -0.1) is 0 Å². The molecule has 6 rings (SSSR count). The monoisotopic (exact) mass is 453 g/mol. The third kappa shape index (κ3) is 4.91. The fourth-order valence-corrected chi connectivity index (χ4v) is 6.72. The van der Waals surface area contributed by atoms with Crippen molar-refractivity contribution in [3.05, 3.63) is 35.9 Å². The van der Waals surface area contributed by atoms with Gasteiger partial charge in [-0.3, -0.25) is 4.79 Å². The molecule has 33 heavy (non-hydrogen) atoms. The number of amides is 2. The number of carbonyl (C=O) groups is 2. The van der Waals surface area contributed by atoms with Gasteiger partial charge in [0.2, 0.25) is 5.91 Å². The number of likely N-dealkylation sites (tertiary alicyclic amines) is 2. The summed E-state index contributed by atoms with van der Waals surface area (Å²) in [4.78, 5) is 30.9. The molecule has 0 aromatic heterocycles. The minimum Gasteiger partial charge on any atom is -0.445 e. The maximum atomic E-state index is 13.6. The molecule has 5 aliphatic rings. The molecular formula is C27H39N3O3. The molecule has 1 aromatic carbocycles. The Morgan fingerprint density at radius 1 is 0.879 bits per heavy atom. The zero-order chi connectivity index (χ0) is 22.7. The predicted molar refractivity (Wildman–Crippen MR) is 128 cm³/mol. The quantitative estimate of drug-likeness (QED) is 0.714. The average Bonchev–Trinajstić information content (AvgIpc) is 2.89. The fraction of sp³-hybridized carbons (Fsp3) is 0.704. The van der Waals surface area contributed by atoms with Crippen LogP contribution in [0.1, 0.15) is 76.2 Å². The number of nitrogens with one attached hydrogen (secondary N) is 1. The molecule has 1 aromatic rings. The number of hydrogen-bond donors (Lipinski definition) is 1. The lowest BCUT2D eigenvalue weighted by Gasteiger charge is -2.54. The van der Waals surface area contributed by atoms with Crippen molar-refractivity contribution in [2.75, 3.05) is 26.2 Å². The van der Waals surface area contributed by atoms with Gasteiger partial charge in [0.15, 0.2) is 0 Å². The van der Waals surface area contributed by atoms with Crippen LogP contribution < -0.4 is 5.32 Å². The van der Waals surface area contributed by atoms with Crippen molar-refractivity contribution in [1.82, 2.24) is 15.1 Å². The molecule has 2 aliphatic heterocycles. The summed E-state index contributed by atoms with van der Waals surface area (Å²) in [5.41, 5.74) is 0.595. The van der Waals surface area contributed by atoms with Gasteiger partial charge in [0.05, 0.1) is 0 Å². The molecule has 1 N–H and O–H groups in total. The highest BCUT2D eigenvalue weighted by Crippen LogP contribution is 2.53. The van der Waals surface area contributed by atoms with Crippen LogP contribution in [0.25, 0.3) is 0 Å². The van der Waals surface area contributed by atoms with Gasteiger partial charge in [-0.05, 0) is 82.9 Å². The summed E-state index contributed by atoms with van der Waals surface area (Å²) in [7, 11) is 0. The molecule has 5 fully saturated rings. The van der Waals surface area contributed by atoms with Crippen molar-refractivity contribution in [2.45, 2.75) is 88.8 Å². The van der Waals surface area contributed by atoms with Gasteiger partial charge in [0, 0.05) is 30.1 Å². The van der Waals surface area contributed by atoms with E-state index < -0.39 is 0 Å². The zero-order valence-corrected chi connectivity index (χ0v) is 19.9. The van der Waals surface area contributed by atoms with Gasteiger partial charge >= 0.3 is 6.09 Å². The molecule has 6 nitrogen and oxygen atoms in total. The Labute approximate surface area is 198 Å². The molecule has 0 unspecified atom stereocenters. The summed E-state index contributed by atoms with van der Waals surface area (Å²) in [5, 5.41) is 3.18. The molecule has 6 heteroatoms. The predicted octanol–water partition coefficient (Wildman–Crippen LogP) is 4.48. The Bertz CT molecular complexity index is 804. The van der Waals surface area contributed by atoms with Crippen LogP contribution in [0.2, 0.25) is 0 Å². The van der Waals surface area contributed by atoms with Gasteiger partial charge in [0.1, 0.15) is 6.61 Å². The SMILES string of the molecule is O=C(NC12CCC(C(=O)N3CCC(N4CCCCC4)CC3)(CC1)CC2)OCc1ccccc1. The maximum absolute atomic E-state index is 13.6. The van der Waals surface area contributed by atoms with E-state index in [1.165, 1.54) is 32.4 Å². The molecule has 2 bridgehead atoms. The Morgan fingerprint density at radius 2 is 1.52 bits per heavy atom. The summed E-state index contributed by atoms with van der Waals surface area (Å²) >= 11 is 0. The molecule has 0 spiro atoms. The molecule has 2 amide bonds. The van der Waals surface area contributed by atoms with Crippen LogP contribution in [-0.2, 0) is 16.1 Å². The topological polar surface area (TPSA) is 61.9 Å². The van der Waals surface area contributed by atoms with Gasteiger partial charge < -0.3 is 19.9 Å². The average molecular weight is 454 g/mol. The van der Waals surface area contributed by atoms with Crippen molar-refractivity contribution in [1.29, 1.82) is 0 Å². The number of fused-ring (bicyclic) bond motifs is 3. The van der Waals surface area contributed by atoms with Crippen molar-refractivity contribution < 1.29 is 14.3 Å². The van der Waals surface area contributed by atoms with Crippen molar-refractivity contribution in [3.8, 4) is 0 Å². The third-order valence-electron chi connectivity index (χ3n) is 8.94. The number of benzene rings is 1. The minimum atomic E-state index is -0.334. The summed E-state index contributed by atoms with van der Waals surface area (Å²) in [5.74, 6) is 0.388. The van der Waals surface area contributed by atoms with Crippen molar-refractivity contribution in [3.63, 3.8) is 0 Å². The summed E-state index contributed by atoms with van der Waals surface area (Å²) in [6, 6.07) is 10.4. The highest BCUT2D eigenvalue weighted by Gasteiger charge is 2.54. The molecule has 2 heterocycles. The number of piperidine rings is 2. The Kier molecular flexibility index (Phi) is 6.64. The second-order valence-electron chi connectivity index (χ2n) is 10.9. The number of nitrogens with zero attached hydrogens (tertiary/aromatic N) is 2. The van der Waals surface area contributed by atoms with E-state index in [9.17, 15) is 9.59 Å². The van der Waals surface area contributed by atoms with Crippen LogP contribution in [0.15, 0.2) is 30.3 Å². The number of rotatable bonds is 5. The van der Waals surface area contributed by atoms with E-state index in [2.05, 4.69) is 15.1 Å². The standard InChI is InChI=1S/C27H39N3O3/c31-24(30-19-9-23(10-20-30)29-17-5-2-6-18-29)26-11-14-27(15-12-26,16-13-26)28-25(32)33-21-22-7-3-1-4-8-22/h1,3-4,7-8,23H,2,5-6,9-21H2,(H,28,32). The Morgan fingerprint density at radius 3 is 2.15 bits per heavy atom. The summed E-state index contributed by atoms with van der Waals surface area (Å²) in [6.45, 7) is 4.60. The highest BCUT2D eigenvalue weighted by molar-refractivity contribution is 5.83. The number of hydrogen-bond acceptors (Lipinski definition) is 4. The zero-order valence-electron chi connectivity index (χ0n) is 19.9. The van der Waals surface area contributed by atoms with E-state index in [0.29, 0.717) is 18.6 Å². The number of carbonyl (C=O) groups excluding carboxylic acids is 2. The largest absolute Gasteiger partial charge is 0.445 e. The van der Waals surface area contributed by atoms with E-state index in [1.807, 2.05) is 30.3 Å². The lowest BCUT2D eigenvalue weighted by molar-refractivity contribution is -0.151. The van der Waals surface area contributed by atoms with Crippen LogP contribution in [0.5, 0.6) is 0 Å². The second-order valence-corrected chi connectivity index (χ2v) is 10.9. The van der Waals surface area contributed by atoms with E-state index >= 15 is 0 Å². The highest BCUT2D eigenvalue weighted by atomic mass is 16.5. The summed E-state index contributed by atoms with van der Waals surface area (Å²) in [6.07, 6.45) is 11.2. The summed E-state index contributed by atoms with van der Waals surface area (Å²) < 4.78 is 5.47. The molecule has 2 saturated heterocycles. The van der Waals surface area contributed by atoms with Gasteiger partial charge in [-0.1, -0.05) is 36.8 Å². The van der Waals surface area contributed by atoms with E-state index in [-0.39, 0.29) is 17.0 Å². The molecule has 3 aliphatic carbocycles. The first kappa shape index (κ1) is 22.7. The minimum absolute atomic E-state index is 0.197. The fourth-order valence-electron chi connectivity index (χ4n) is 6.72. The second kappa shape index (κ2) is 9.65. The molecule has 3 saturated carbocycles. The lowest BCUT2D eigenvalue weighted by atomic mass is 9.56. The van der Waals surface area contributed by atoms with E-state index in [0.717, 1.165) is 70.0 Å². The molecule has 0 atom stereocenters. The first-order chi connectivity index (χ1) is 16.1. The smallest absolute Gasteiger partial charge is 0.407 e. The van der Waals surface area contributed by atoms with Crippen molar-refractivity contribution in [2.24, 2.45) is 5.41 Å². The van der Waals surface area contributed by atoms with Crippen LogP contribution in [-0.4, -0.2) is 59.6 Å². The van der Waals surface area contributed by atoms with Crippen LogP contribution >= 0.6 is 0 Å². The van der Waals surface area contributed by atoms with Crippen LogP contribution in [0.3, 0.4) is 0 Å². The lowest BCUT2D eigenvalue weighted by Crippen LogP contribution is -2.61. The number of ether oxygens (including phenoxy) is 1. The van der Waals surface area contributed by atoms with Crippen LogP contribution in [0, 0.1) is 5.41 Å². The third-order valence-corrected chi connectivity index (χ3v) is 8.94. The Balaban J connectivity index is 1.10. The first-order valence-corrected chi connectivity index (χ1v) is 13.1. The van der Waals surface area contributed by atoms with Gasteiger partial charge in [0.25, 0.3) is 0 Å². The van der Waals surface area contributed by atoms with E-state index in [4.69, 9.17) is 4.74 Å². The van der Waals surface area contributed by atoms with Crippen molar-refractivity contribution >= 4 is 12.0 Å². The molecule has 0 radical (unpaired) electrons. The maximum Gasteiger partial charge on any atom is 0.407 e. The Hall–Kier alpha value is -2.08. The molecule has 180 valence electrons. The van der Waals surface area contributed by atoms with Crippen LogP contribution in [0.4, 0.5) is 4.79 Å². The van der Waals surface area contributed by atoms with E-state index in [1.54, 1.807) is 0 Å². The first-order valence-electron chi connectivity index (χ1n) is 13.1.